The van der Waals surface area contributed by atoms with E-state index < -0.39 is 6.87 Å². The van der Waals surface area contributed by atoms with Crippen LogP contribution in [0.4, 0.5) is 0 Å². The minimum atomic E-state index is -3.49. The molecule has 1 aromatic carbocycles. The highest BCUT2D eigenvalue weighted by Gasteiger charge is 2.30. The van der Waals surface area contributed by atoms with Gasteiger partial charge in [-0.1, -0.05) is 0 Å². The number of hydrogen-bond donors (Lipinski definition) is 0. The molecule has 1 unspecified atom stereocenters. The van der Waals surface area contributed by atoms with Gasteiger partial charge in [-0.25, -0.2) is 9.24 Å². The van der Waals surface area contributed by atoms with Crippen molar-refractivity contribution in [3.63, 3.8) is 0 Å². The van der Waals surface area contributed by atoms with E-state index in [4.69, 9.17) is 43.7 Å². The van der Waals surface area contributed by atoms with Crippen molar-refractivity contribution in [2.45, 2.75) is 0 Å². The molecular formula is C11H15Cl3NO3P. The van der Waals surface area contributed by atoms with Crippen LogP contribution in [0.25, 0.3) is 0 Å². The first-order chi connectivity index (χ1) is 9.03. The maximum atomic E-state index is 12.3. The molecule has 108 valence electrons. The Morgan fingerprint density at radius 1 is 1.11 bits per heavy atom. The number of ether oxygens (including phenoxy) is 1. The van der Waals surface area contributed by atoms with Crippen LogP contribution in [0.15, 0.2) is 24.3 Å². The van der Waals surface area contributed by atoms with Crippen LogP contribution in [0.2, 0.25) is 0 Å². The summed E-state index contributed by atoms with van der Waals surface area (Å²) in [5, 5.41) is 0. The first-order valence-corrected chi connectivity index (χ1v) is 9.09. The number of hydrogen-bond acceptors (Lipinski definition) is 3. The average Bonchev–Trinajstić information content (AvgIpc) is 2.39. The zero-order chi connectivity index (χ0) is 14.3. The van der Waals surface area contributed by atoms with Crippen molar-refractivity contribution in [2.75, 3.05) is 32.0 Å². The molecule has 0 amide bonds. The Bertz CT molecular complexity index is 424. The molecule has 19 heavy (non-hydrogen) atoms. The molecule has 0 aromatic heterocycles. The second-order valence-corrected chi connectivity index (χ2v) is 7.24. The highest BCUT2D eigenvalue weighted by Crippen LogP contribution is 2.55. The fraction of sp³-hybridized carbons (Fsp3) is 0.455. The van der Waals surface area contributed by atoms with Gasteiger partial charge in [0.1, 0.15) is 11.5 Å². The van der Waals surface area contributed by atoms with E-state index in [1.807, 2.05) is 0 Å². The molecular weight excluding hydrogens is 331 g/mol. The van der Waals surface area contributed by atoms with Crippen molar-refractivity contribution < 1.29 is 13.8 Å². The molecule has 8 heteroatoms. The van der Waals surface area contributed by atoms with Crippen LogP contribution in [-0.4, -0.2) is 36.6 Å². The maximum Gasteiger partial charge on any atom is 0.411 e. The number of halogens is 3. The monoisotopic (exact) mass is 345 g/mol. The molecule has 0 saturated carbocycles. The molecule has 0 saturated heterocycles. The standard InChI is InChI=1S/C11H15Cl3NO3P/c1-17-10-2-4-11(5-3-10)18-19(14,16)15(8-6-12)9-7-13/h2-5H,6-9H2,1H3. The number of nitrogens with zero attached hydrogens (tertiary/aromatic N) is 1. The average molecular weight is 347 g/mol. The lowest BCUT2D eigenvalue weighted by Gasteiger charge is -2.25. The number of alkyl halides is 2. The van der Waals surface area contributed by atoms with E-state index in [2.05, 4.69) is 0 Å². The molecule has 0 bridgehead atoms. The largest absolute Gasteiger partial charge is 0.497 e. The van der Waals surface area contributed by atoms with Crippen LogP contribution in [-0.2, 0) is 4.57 Å². The first-order valence-electron chi connectivity index (χ1n) is 5.54. The summed E-state index contributed by atoms with van der Waals surface area (Å²) >= 11 is 17.3. The van der Waals surface area contributed by atoms with E-state index in [1.165, 1.54) is 4.67 Å². The van der Waals surface area contributed by atoms with Crippen LogP contribution < -0.4 is 9.26 Å². The highest BCUT2D eigenvalue weighted by molar-refractivity contribution is 7.83. The third-order valence-corrected chi connectivity index (χ3v) is 5.00. The van der Waals surface area contributed by atoms with Gasteiger partial charge in [0.2, 0.25) is 0 Å². The van der Waals surface area contributed by atoms with Gasteiger partial charge in [0.15, 0.2) is 0 Å². The molecule has 0 aliphatic carbocycles. The zero-order valence-corrected chi connectivity index (χ0v) is 13.6. The van der Waals surface area contributed by atoms with Gasteiger partial charge in [0, 0.05) is 36.1 Å². The van der Waals surface area contributed by atoms with Gasteiger partial charge in [-0.3, -0.25) is 0 Å². The quantitative estimate of drug-likeness (QED) is 0.522. The van der Waals surface area contributed by atoms with Gasteiger partial charge in [0.25, 0.3) is 0 Å². The predicted molar refractivity (Wildman–Crippen MR) is 80.1 cm³/mol. The van der Waals surface area contributed by atoms with E-state index >= 15 is 0 Å². The van der Waals surface area contributed by atoms with E-state index in [1.54, 1.807) is 31.4 Å². The second-order valence-electron chi connectivity index (χ2n) is 3.55. The summed E-state index contributed by atoms with van der Waals surface area (Å²) in [6.07, 6.45) is 0. The molecule has 0 aliphatic heterocycles. The number of methoxy groups -OCH3 is 1. The van der Waals surface area contributed by atoms with Crippen molar-refractivity contribution in [3.8, 4) is 11.5 Å². The van der Waals surface area contributed by atoms with E-state index in [0.29, 0.717) is 36.3 Å². The molecule has 0 heterocycles. The molecule has 0 fully saturated rings. The summed E-state index contributed by atoms with van der Waals surface area (Å²) in [5.74, 6) is 1.66. The van der Waals surface area contributed by atoms with Crippen molar-refractivity contribution in [2.24, 2.45) is 0 Å². The normalized spacial score (nSPS) is 14.2. The van der Waals surface area contributed by atoms with Crippen LogP contribution in [0.1, 0.15) is 0 Å². The summed E-state index contributed by atoms with van der Waals surface area (Å²) in [6.45, 7) is -2.81. The summed E-state index contributed by atoms with van der Waals surface area (Å²) in [6, 6.07) is 6.65. The Kier molecular flexibility index (Phi) is 7.33. The van der Waals surface area contributed by atoms with Gasteiger partial charge in [-0.05, 0) is 24.3 Å². The minimum absolute atomic E-state index is 0.291. The van der Waals surface area contributed by atoms with E-state index in [0.717, 1.165) is 0 Å². The molecule has 1 aromatic rings. The first kappa shape index (κ1) is 16.9. The highest BCUT2D eigenvalue weighted by atomic mass is 35.7. The summed E-state index contributed by atoms with van der Waals surface area (Å²) in [7, 11) is 1.56. The topological polar surface area (TPSA) is 38.8 Å². The lowest BCUT2D eigenvalue weighted by molar-refractivity contribution is 0.388. The lowest BCUT2D eigenvalue weighted by Crippen LogP contribution is -2.25. The van der Waals surface area contributed by atoms with Crippen molar-refractivity contribution >= 4 is 41.3 Å². The smallest absolute Gasteiger partial charge is 0.411 e. The summed E-state index contributed by atoms with van der Waals surface area (Å²) < 4.78 is 24.1. The predicted octanol–water partition coefficient (Wildman–Crippen LogP) is 4.20. The molecule has 0 N–H and O–H groups in total. The van der Waals surface area contributed by atoms with E-state index in [-0.39, 0.29) is 0 Å². The molecule has 0 radical (unpaired) electrons. The second kappa shape index (κ2) is 8.23. The zero-order valence-electron chi connectivity index (χ0n) is 10.4. The van der Waals surface area contributed by atoms with Gasteiger partial charge in [-0.2, -0.15) is 0 Å². The minimum Gasteiger partial charge on any atom is -0.497 e. The molecule has 1 rings (SSSR count). The molecule has 0 aliphatic rings. The van der Waals surface area contributed by atoms with E-state index in [9.17, 15) is 4.57 Å². The molecule has 1 atom stereocenters. The van der Waals surface area contributed by atoms with Crippen LogP contribution in [0.3, 0.4) is 0 Å². The van der Waals surface area contributed by atoms with Crippen molar-refractivity contribution in [1.29, 1.82) is 0 Å². The van der Waals surface area contributed by atoms with Crippen LogP contribution in [0.5, 0.6) is 11.5 Å². The Labute approximate surface area is 127 Å². The number of rotatable bonds is 8. The van der Waals surface area contributed by atoms with Gasteiger partial charge in [0.05, 0.1) is 7.11 Å². The van der Waals surface area contributed by atoms with Crippen molar-refractivity contribution in [3.05, 3.63) is 24.3 Å². The van der Waals surface area contributed by atoms with Gasteiger partial charge >= 0.3 is 6.87 Å². The number of benzene rings is 1. The summed E-state index contributed by atoms with van der Waals surface area (Å²) in [5.41, 5.74) is 0. The molecule has 0 spiro atoms. The summed E-state index contributed by atoms with van der Waals surface area (Å²) in [4.78, 5) is 0. The Hall–Kier alpha value is -0.120. The third-order valence-electron chi connectivity index (χ3n) is 2.30. The lowest BCUT2D eigenvalue weighted by atomic mass is 10.3. The Balaban J connectivity index is 2.77. The van der Waals surface area contributed by atoms with Crippen LogP contribution >= 0.6 is 41.3 Å². The Morgan fingerprint density at radius 2 is 1.58 bits per heavy atom. The SMILES string of the molecule is COc1ccc(OP(=O)(Cl)N(CCCl)CCCl)cc1. The van der Waals surface area contributed by atoms with Gasteiger partial charge < -0.3 is 9.26 Å². The maximum absolute atomic E-state index is 12.3. The Morgan fingerprint density at radius 3 is 2.00 bits per heavy atom. The van der Waals surface area contributed by atoms with Crippen LogP contribution in [0, 0.1) is 0 Å². The van der Waals surface area contributed by atoms with Gasteiger partial charge in [-0.15, -0.1) is 23.2 Å². The third kappa shape index (κ3) is 5.41. The fourth-order valence-corrected chi connectivity index (χ4v) is 3.88. The molecule has 4 nitrogen and oxygen atoms in total. The van der Waals surface area contributed by atoms with Crippen molar-refractivity contribution in [1.82, 2.24) is 4.67 Å². The fourth-order valence-electron chi connectivity index (χ4n) is 1.37.